The molecule has 110 valence electrons. The van der Waals surface area contributed by atoms with Crippen LogP contribution in [0, 0.1) is 11.8 Å². The van der Waals surface area contributed by atoms with Crippen LogP contribution in [-0.4, -0.2) is 49.2 Å². The monoisotopic (exact) mass is 287 g/mol. The standard InChI is InChI=1S/C13H25N3O2S/c14-9-11-5-7-15(8-6-11)19(17,18)16(13-3-4-13)10-12-1-2-12/h11-13H,1-10,14H2. The van der Waals surface area contributed by atoms with E-state index in [2.05, 4.69) is 0 Å². The lowest BCUT2D eigenvalue weighted by Gasteiger charge is -2.34. The molecule has 0 atom stereocenters. The summed E-state index contributed by atoms with van der Waals surface area (Å²) in [4.78, 5) is 0. The van der Waals surface area contributed by atoms with Gasteiger partial charge in [0, 0.05) is 25.7 Å². The Morgan fingerprint density at radius 3 is 2.11 bits per heavy atom. The molecule has 0 aromatic heterocycles. The maximum absolute atomic E-state index is 12.7. The summed E-state index contributed by atoms with van der Waals surface area (Å²) in [6.45, 7) is 2.74. The topological polar surface area (TPSA) is 66.6 Å². The summed E-state index contributed by atoms with van der Waals surface area (Å²) in [6.07, 6.45) is 6.33. The van der Waals surface area contributed by atoms with Crippen molar-refractivity contribution in [1.82, 2.24) is 8.61 Å². The molecule has 2 saturated carbocycles. The van der Waals surface area contributed by atoms with Gasteiger partial charge >= 0.3 is 0 Å². The Kier molecular flexibility index (Phi) is 3.86. The molecular weight excluding hydrogens is 262 g/mol. The van der Waals surface area contributed by atoms with Crippen LogP contribution in [0.25, 0.3) is 0 Å². The zero-order valence-electron chi connectivity index (χ0n) is 11.5. The van der Waals surface area contributed by atoms with Crippen molar-refractivity contribution in [2.75, 3.05) is 26.2 Å². The molecule has 0 unspecified atom stereocenters. The van der Waals surface area contributed by atoms with E-state index in [1.54, 1.807) is 8.61 Å². The minimum Gasteiger partial charge on any atom is -0.330 e. The predicted octanol–water partition coefficient (Wildman–Crippen LogP) is 0.776. The van der Waals surface area contributed by atoms with Crippen LogP contribution in [0.3, 0.4) is 0 Å². The summed E-state index contributed by atoms with van der Waals surface area (Å²) < 4.78 is 29.0. The lowest BCUT2D eigenvalue weighted by Crippen LogP contribution is -2.49. The van der Waals surface area contributed by atoms with Gasteiger partial charge in [0.1, 0.15) is 0 Å². The highest BCUT2D eigenvalue weighted by Gasteiger charge is 2.43. The molecule has 0 aromatic carbocycles. The minimum absolute atomic E-state index is 0.290. The number of hydrogen-bond donors (Lipinski definition) is 1. The van der Waals surface area contributed by atoms with Crippen LogP contribution in [0.2, 0.25) is 0 Å². The fourth-order valence-electron chi connectivity index (χ4n) is 2.87. The van der Waals surface area contributed by atoms with Gasteiger partial charge in [0.2, 0.25) is 0 Å². The van der Waals surface area contributed by atoms with Crippen molar-refractivity contribution in [3.8, 4) is 0 Å². The molecule has 1 heterocycles. The van der Waals surface area contributed by atoms with Crippen LogP contribution in [0.1, 0.15) is 38.5 Å². The van der Waals surface area contributed by atoms with E-state index in [9.17, 15) is 8.42 Å². The van der Waals surface area contributed by atoms with Crippen molar-refractivity contribution < 1.29 is 8.42 Å². The molecule has 0 spiro atoms. The van der Waals surface area contributed by atoms with Crippen LogP contribution in [0.15, 0.2) is 0 Å². The first kappa shape index (κ1) is 13.8. The van der Waals surface area contributed by atoms with Gasteiger partial charge in [-0.05, 0) is 56.9 Å². The van der Waals surface area contributed by atoms with Gasteiger partial charge in [-0.3, -0.25) is 0 Å². The summed E-state index contributed by atoms with van der Waals surface area (Å²) in [6, 6.07) is 0.290. The van der Waals surface area contributed by atoms with E-state index in [1.807, 2.05) is 0 Å². The van der Waals surface area contributed by atoms with Crippen molar-refractivity contribution in [2.24, 2.45) is 17.6 Å². The van der Waals surface area contributed by atoms with Crippen LogP contribution in [0.5, 0.6) is 0 Å². The van der Waals surface area contributed by atoms with Crippen molar-refractivity contribution in [3.63, 3.8) is 0 Å². The molecule has 19 heavy (non-hydrogen) atoms. The molecule has 3 fully saturated rings. The lowest BCUT2D eigenvalue weighted by molar-refractivity contribution is 0.253. The number of nitrogens with two attached hydrogens (primary N) is 1. The Morgan fingerprint density at radius 2 is 1.63 bits per heavy atom. The lowest BCUT2D eigenvalue weighted by atomic mass is 9.99. The highest BCUT2D eigenvalue weighted by atomic mass is 32.2. The first-order chi connectivity index (χ1) is 9.11. The smallest absolute Gasteiger partial charge is 0.282 e. The fourth-order valence-corrected chi connectivity index (χ4v) is 4.83. The van der Waals surface area contributed by atoms with Gasteiger partial charge in [-0.15, -0.1) is 0 Å². The summed E-state index contributed by atoms with van der Waals surface area (Å²) >= 11 is 0. The van der Waals surface area contributed by atoms with E-state index in [-0.39, 0.29) is 6.04 Å². The molecule has 2 N–H and O–H groups in total. The fraction of sp³-hybridized carbons (Fsp3) is 1.00. The van der Waals surface area contributed by atoms with Crippen LogP contribution < -0.4 is 5.73 Å². The van der Waals surface area contributed by atoms with Gasteiger partial charge in [0.15, 0.2) is 0 Å². The Hall–Kier alpha value is -0.170. The van der Waals surface area contributed by atoms with Crippen LogP contribution >= 0.6 is 0 Å². The Labute approximate surface area is 116 Å². The molecular formula is C13H25N3O2S. The van der Waals surface area contributed by atoms with Crippen molar-refractivity contribution in [2.45, 2.75) is 44.6 Å². The molecule has 1 aliphatic heterocycles. The number of hydrogen-bond acceptors (Lipinski definition) is 3. The predicted molar refractivity (Wildman–Crippen MR) is 74.7 cm³/mol. The van der Waals surface area contributed by atoms with Gasteiger partial charge in [-0.25, -0.2) is 0 Å². The van der Waals surface area contributed by atoms with Gasteiger partial charge in [-0.1, -0.05) is 0 Å². The molecule has 6 heteroatoms. The first-order valence-electron chi connectivity index (χ1n) is 7.58. The van der Waals surface area contributed by atoms with Crippen molar-refractivity contribution in [3.05, 3.63) is 0 Å². The molecule has 2 aliphatic carbocycles. The normalized spacial score (nSPS) is 27.1. The van der Waals surface area contributed by atoms with E-state index in [0.29, 0.717) is 31.5 Å². The number of nitrogens with zero attached hydrogens (tertiary/aromatic N) is 2. The summed E-state index contributed by atoms with van der Waals surface area (Å²) in [5, 5.41) is 0. The molecule has 3 rings (SSSR count). The van der Waals surface area contributed by atoms with Gasteiger partial charge in [0.05, 0.1) is 0 Å². The number of piperidine rings is 1. The Morgan fingerprint density at radius 1 is 1.00 bits per heavy atom. The molecule has 5 nitrogen and oxygen atoms in total. The summed E-state index contributed by atoms with van der Waals surface area (Å²) in [7, 11) is -3.22. The largest absolute Gasteiger partial charge is 0.330 e. The second-order valence-corrected chi connectivity index (χ2v) is 8.21. The van der Waals surface area contributed by atoms with Gasteiger partial charge < -0.3 is 5.73 Å². The molecule has 0 radical (unpaired) electrons. The second-order valence-electron chi connectivity index (χ2n) is 6.33. The van der Waals surface area contributed by atoms with E-state index in [0.717, 1.165) is 32.2 Å². The van der Waals surface area contributed by atoms with Gasteiger partial charge in [0.25, 0.3) is 10.2 Å². The molecule has 0 bridgehead atoms. The third-order valence-corrected chi connectivity index (χ3v) is 6.68. The van der Waals surface area contributed by atoms with E-state index in [1.165, 1.54) is 12.8 Å². The second kappa shape index (κ2) is 5.31. The van der Waals surface area contributed by atoms with Crippen molar-refractivity contribution in [1.29, 1.82) is 0 Å². The average molecular weight is 287 g/mol. The molecule has 0 aromatic rings. The van der Waals surface area contributed by atoms with Crippen LogP contribution in [-0.2, 0) is 10.2 Å². The maximum Gasteiger partial charge on any atom is 0.282 e. The van der Waals surface area contributed by atoms with Crippen molar-refractivity contribution >= 4 is 10.2 Å². The third kappa shape index (κ3) is 3.12. The quantitative estimate of drug-likeness (QED) is 0.785. The average Bonchev–Trinajstić information content (AvgIpc) is 3.28. The summed E-state index contributed by atoms with van der Waals surface area (Å²) in [5.41, 5.74) is 5.67. The van der Waals surface area contributed by atoms with Crippen LogP contribution in [0.4, 0.5) is 0 Å². The van der Waals surface area contributed by atoms with E-state index >= 15 is 0 Å². The zero-order chi connectivity index (χ0) is 13.5. The molecule has 1 saturated heterocycles. The minimum atomic E-state index is -3.22. The Bertz CT molecular complexity index is 410. The Balaban J connectivity index is 1.66. The van der Waals surface area contributed by atoms with Gasteiger partial charge in [-0.2, -0.15) is 17.0 Å². The van der Waals surface area contributed by atoms with E-state index < -0.39 is 10.2 Å². The first-order valence-corrected chi connectivity index (χ1v) is 8.98. The molecule has 3 aliphatic rings. The molecule has 0 amide bonds. The third-order valence-electron chi connectivity index (χ3n) is 4.62. The number of rotatable bonds is 6. The maximum atomic E-state index is 12.7. The SMILES string of the molecule is NCC1CCN(S(=O)(=O)N(CC2CC2)C2CC2)CC1. The highest BCUT2D eigenvalue weighted by Crippen LogP contribution is 2.37. The van der Waals surface area contributed by atoms with E-state index in [4.69, 9.17) is 5.73 Å². The highest BCUT2D eigenvalue weighted by molar-refractivity contribution is 7.86. The zero-order valence-corrected chi connectivity index (χ0v) is 12.3. The summed E-state index contributed by atoms with van der Waals surface area (Å²) in [5.74, 6) is 1.13.